The third kappa shape index (κ3) is 7.00. The Morgan fingerprint density at radius 3 is 2.41 bits per heavy atom. The maximum absolute atomic E-state index is 6.10. The third-order valence-electron chi connectivity index (χ3n) is 7.08. The molecular formula is C26H38N4S2. The van der Waals surface area contributed by atoms with E-state index in [1.54, 1.807) is 23.1 Å². The monoisotopic (exact) mass is 470 g/mol. The van der Waals surface area contributed by atoms with E-state index >= 15 is 0 Å². The molecule has 4 rings (SSSR count). The Bertz CT molecular complexity index is 835. The van der Waals surface area contributed by atoms with Crippen molar-refractivity contribution in [1.29, 1.82) is 0 Å². The first-order chi connectivity index (χ1) is 15.7. The van der Waals surface area contributed by atoms with Crippen molar-refractivity contribution in [3.8, 4) is 0 Å². The lowest BCUT2D eigenvalue weighted by Crippen LogP contribution is -2.41. The fraction of sp³-hybridized carbons (Fsp3) is 0.577. The second-order valence-electron chi connectivity index (χ2n) is 9.45. The molecule has 4 N–H and O–H groups in total. The molecule has 2 aliphatic carbocycles. The Balaban J connectivity index is 1.33. The minimum Gasteiger partial charge on any atom is -0.353 e. The van der Waals surface area contributed by atoms with Crippen LogP contribution in [0.3, 0.4) is 0 Å². The molecule has 1 aromatic carbocycles. The molecular weight excluding hydrogens is 432 g/mol. The summed E-state index contributed by atoms with van der Waals surface area (Å²) in [6, 6.07) is 13.7. The van der Waals surface area contributed by atoms with E-state index in [0.717, 1.165) is 23.5 Å². The number of thioether (sulfide) groups is 1. The van der Waals surface area contributed by atoms with Crippen LogP contribution in [0, 0.1) is 11.8 Å². The largest absolute Gasteiger partial charge is 0.353 e. The van der Waals surface area contributed by atoms with E-state index in [0.29, 0.717) is 18.6 Å². The number of para-hydroxylation sites is 1. The molecule has 0 radical (unpaired) electrons. The SMILES string of the molecule is CSc1ccccc1NC(=NCc1cccs1)NC1CCC(CC2CCC(N)CC2)CC1. The van der Waals surface area contributed by atoms with Crippen LogP contribution in [0.4, 0.5) is 5.69 Å². The van der Waals surface area contributed by atoms with Crippen LogP contribution < -0.4 is 16.4 Å². The van der Waals surface area contributed by atoms with Crippen LogP contribution in [-0.2, 0) is 6.54 Å². The van der Waals surface area contributed by atoms with E-state index in [1.165, 1.54) is 67.6 Å². The molecule has 2 fully saturated rings. The van der Waals surface area contributed by atoms with Crippen LogP contribution in [0.25, 0.3) is 0 Å². The third-order valence-corrected chi connectivity index (χ3v) is 8.74. The summed E-state index contributed by atoms with van der Waals surface area (Å²) >= 11 is 3.53. The van der Waals surface area contributed by atoms with E-state index in [2.05, 4.69) is 58.7 Å². The zero-order valence-corrected chi connectivity index (χ0v) is 20.9. The van der Waals surface area contributed by atoms with Gasteiger partial charge in [-0.05, 0) is 99.5 Å². The normalized spacial score (nSPS) is 26.6. The average Bonchev–Trinajstić information content (AvgIpc) is 3.34. The van der Waals surface area contributed by atoms with Gasteiger partial charge < -0.3 is 16.4 Å². The van der Waals surface area contributed by atoms with Crippen LogP contribution in [0.1, 0.15) is 62.7 Å². The Labute approximate surface area is 201 Å². The highest BCUT2D eigenvalue weighted by Crippen LogP contribution is 2.35. The van der Waals surface area contributed by atoms with Crippen molar-refractivity contribution in [2.45, 2.75) is 81.3 Å². The van der Waals surface area contributed by atoms with Gasteiger partial charge in [0.2, 0.25) is 0 Å². The molecule has 174 valence electrons. The molecule has 2 saturated carbocycles. The van der Waals surface area contributed by atoms with E-state index in [9.17, 15) is 0 Å². The van der Waals surface area contributed by atoms with E-state index < -0.39 is 0 Å². The van der Waals surface area contributed by atoms with Crippen molar-refractivity contribution in [3.63, 3.8) is 0 Å². The number of guanidine groups is 1. The Hall–Kier alpha value is -1.50. The molecule has 1 heterocycles. The predicted octanol–water partition coefficient (Wildman–Crippen LogP) is 6.49. The van der Waals surface area contributed by atoms with Gasteiger partial charge in [-0.15, -0.1) is 23.1 Å². The van der Waals surface area contributed by atoms with E-state index in [4.69, 9.17) is 10.7 Å². The maximum Gasteiger partial charge on any atom is 0.196 e. The van der Waals surface area contributed by atoms with Crippen molar-refractivity contribution in [1.82, 2.24) is 5.32 Å². The first kappa shape index (κ1) is 23.7. The zero-order chi connectivity index (χ0) is 22.2. The fourth-order valence-corrected chi connectivity index (χ4v) is 6.37. The molecule has 0 atom stereocenters. The van der Waals surface area contributed by atoms with Gasteiger partial charge in [-0.2, -0.15) is 0 Å². The Morgan fingerprint density at radius 2 is 1.72 bits per heavy atom. The molecule has 32 heavy (non-hydrogen) atoms. The number of nitrogens with zero attached hydrogens (tertiary/aromatic N) is 1. The first-order valence-electron chi connectivity index (χ1n) is 12.2. The summed E-state index contributed by atoms with van der Waals surface area (Å²) < 4.78 is 0. The topological polar surface area (TPSA) is 62.4 Å². The minimum absolute atomic E-state index is 0.460. The summed E-state index contributed by atoms with van der Waals surface area (Å²) in [7, 11) is 0. The summed E-state index contributed by atoms with van der Waals surface area (Å²) in [4.78, 5) is 7.47. The highest BCUT2D eigenvalue weighted by atomic mass is 32.2. The quantitative estimate of drug-likeness (QED) is 0.246. The maximum atomic E-state index is 6.10. The lowest BCUT2D eigenvalue weighted by molar-refractivity contribution is 0.221. The predicted molar refractivity (Wildman–Crippen MR) is 141 cm³/mol. The number of thiophene rings is 1. The number of rotatable bonds is 7. The second kappa shape index (κ2) is 12.1. The molecule has 0 bridgehead atoms. The van der Waals surface area contributed by atoms with Gasteiger partial charge in [-0.3, -0.25) is 0 Å². The van der Waals surface area contributed by atoms with Crippen LogP contribution >= 0.6 is 23.1 Å². The smallest absolute Gasteiger partial charge is 0.196 e. The molecule has 1 aromatic heterocycles. The number of nitrogens with one attached hydrogen (secondary N) is 2. The summed E-state index contributed by atoms with van der Waals surface area (Å²) in [5, 5.41) is 9.49. The summed E-state index contributed by atoms with van der Waals surface area (Å²) in [6.45, 7) is 0.716. The molecule has 2 aromatic rings. The van der Waals surface area contributed by atoms with Crippen molar-refractivity contribution in [2.24, 2.45) is 22.6 Å². The van der Waals surface area contributed by atoms with Crippen LogP contribution in [0.5, 0.6) is 0 Å². The zero-order valence-electron chi connectivity index (χ0n) is 19.3. The summed E-state index contributed by atoms with van der Waals surface area (Å²) in [6.07, 6.45) is 13.8. The average molecular weight is 471 g/mol. The minimum atomic E-state index is 0.460. The van der Waals surface area contributed by atoms with Crippen LogP contribution in [0.15, 0.2) is 51.7 Å². The van der Waals surface area contributed by atoms with Gasteiger partial charge >= 0.3 is 0 Å². The number of anilines is 1. The Morgan fingerprint density at radius 1 is 1.00 bits per heavy atom. The molecule has 0 aliphatic heterocycles. The number of nitrogens with two attached hydrogens (primary N) is 1. The number of aliphatic imine (C=N–C) groups is 1. The van der Waals surface area contributed by atoms with Gasteiger partial charge in [0, 0.05) is 21.9 Å². The lowest BCUT2D eigenvalue weighted by atomic mass is 9.76. The van der Waals surface area contributed by atoms with Gasteiger partial charge in [-0.1, -0.05) is 18.2 Å². The van der Waals surface area contributed by atoms with Gasteiger partial charge in [0.25, 0.3) is 0 Å². The van der Waals surface area contributed by atoms with Crippen LogP contribution in [-0.4, -0.2) is 24.3 Å². The molecule has 0 saturated heterocycles. The summed E-state index contributed by atoms with van der Waals surface area (Å²) in [5.41, 5.74) is 7.22. The van der Waals surface area contributed by atoms with Crippen molar-refractivity contribution in [2.75, 3.05) is 11.6 Å². The van der Waals surface area contributed by atoms with Gasteiger partial charge in [-0.25, -0.2) is 4.99 Å². The molecule has 4 nitrogen and oxygen atoms in total. The van der Waals surface area contributed by atoms with Crippen molar-refractivity contribution >= 4 is 34.7 Å². The number of hydrogen-bond donors (Lipinski definition) is 3. The second-order valence-corrected chi connectivity index (χ2v) is 11.3. The first-order valence-corrected chi connectivity index (χ1v) is 14.3. The fourth-order valence-electron chi connectivity index (χ4n) is 5.19. The summed E-state index contributed by atoms with van der Waals surface area (Å²) in [5.74, 6) is 2.71. The Kier molecular flexibility index (Phi) is 8.94. The van der Waals surface area contributed by atoms with Gasteiger partial charge in [0.15, 0.2) is 5.96 Å². The van der Waals surface area contributed by atoms with Crippen molar-refractivity contribution in [3.05, 3.63) is 46.7 Å². The molecule has 0 spiro atoms. The lowest BCUT2D eigenvalue weighted by Gasteiger charge is -2.34. The molecule has 0 unspecified atom stereocenters. The molecule has 0 amide bonds. The van der Waals surface area contributed by atoms with E-state index in [1.807, 2.05) is 0 Å². The molecule has 6 heteroatoms. The standard InChI is InChI=1S/C26H38N4S2/c1-31-25-7-3-2-6-24(25)30-26(28-18-23-5-4-16-32-23)29-22-14-10-20(11-15-22)17-19-8-12-21(27)13-9-19/h2-7,16,19-22H,8-15,17-18,27H2,1H3,(H2,28,29,30). The number of benzene rings is 1. The molecule has 2 aliphatic rings. The van der Waals surface area contributed by atoms with Gasteiger partial charge in [0.05, 0.1) is 12.2 Å². The van der Waals surface area contributed by atoms with E-state index in [-0.39, 0.29) is 0 Å². The highest BCUT2D eigenvalue weighted by molar-refractivity contribution is 7.98. The van der Waals surface area contributed by atoms with Crippen LogP contribution in [0.2, 0.25) is 0 Å². The highest BCUT2D eigenvalue weighted by Gasteiger charge is 2.26. The van der Waals surface area contributed by atoms with Gasteiger partial charge in [0.1, 0.15) is 0 Å². The van der Waals surface area contributed by atoms with Crippen molar-refractivity contribution < 1.29 is 0 Å². The number of hydrogen-bond acceptors (Lipinski definition) is 4.